The van der Waals surface area contributed by atoms with E-state index in [2.05, 4.69) is 30.2 Å². The first-order chi connectivity index (χ1) is 7.34. The third-order valence-corrected chi connectivity index (χ3v) is 1.45. The smallest absolute Gasteiger partial charge is 0.270 e. The second-order valence-electron chi connectivity index (χ2n) is 2.53. The maximum atomic E-state index is 5.44. The lowest BCUT2D eigenvalue weighted by Gasteiger charge is -1.91. The number of nitrogens with two attached hydrogens (primary N) is 1. The molecule has 0 aliphatic carbocycles. The zero-order chi connectivity index (χ0) is 10.5. The first-order valence-electron chi connectivity index (χ1n) is 4.12. The normalized spacial score (nSPS) is 10.7. The highest BCUT2D eigenvalue weighted by atomic mass is 15.3. The summed E-state index contributed by atoms with van der Waals surface area (Å²) in [5.41, 5.74) is 5.44. The summed E-state index contributed by atoms with van der Waals surface area (Å²) in [6.45, 7) is 0. The summed E-state index contributed by atoms with van der Waals surface area (Å²) in [5, 5.41) is 7.47. The van der Waals surface area contributed by atoms with Gasteiger partial charge in [-0.05, 0) is 12.1 Å². The van der Waals surface area contributed by atoms with Gasteiger partial charge in [0, 0.05) is 18.6 Å². The summed E-state index contributed by atoms with van der Waals surface area (Å²) in [6.07, 6.45) is 4.64. The van der Waals surface area contributed by atoms with Gasteiger partial charge in [0.05, 0.1) is 0 Å². The first-order valence-corrected chi connectivity index (χ1v) is 4.12. The third-order valence-electron chi connectivity index (χ3n) is 1.45. The molecule has 2 heterocycles. The van der Waals surface area contributed by atoms with Crippen LogP contribution < -0.4 is 5.73 Å². The van der Waals surface area contributed by atoms with E-state index in [0.29, 0.717) is 5.82 Å². The molecule has 0 aliphatic heterocycles. The summed E-state index contributed by atoms with van der Waals surface area (Å²) in [5.74, 6) is 0.777. The molecule has 0 radical (unpaired) electrons. The Labute approximate surface area is 85.2 Å². The molecule has 2 aromatic heterocycles. The van der Waals surface area contributed by atoms with E-state index in [0.717, 1.165) is 0 Å². The fourth-order valence-electron chi connectivity index (χ4n) is 0.842. The first kappa shape index (κ1) is 9.13. The van der Waals surface area contributed by atoms with Crippen LogP contribution in [-0.2, 0) is 0 Å². The molecule has 0 saturated carbocycles. The summed E-state index contributed by atoms with van der Waals surface area (Å²) in [7, 11) is 0. The molecule has 0 aliphatic rings. The molecular formula is C8H7N7. The largest absolute Gasteiger partial charge is 0.384 e. The summed E-state index contributed by atoms with van der Waals surface area (Å²) in [4.78, 5) is 15.4. The van der Waals surface area contributed by atoms with E-state index in [1.807, 2.05) is 0 Å². The fourth-order valence-corrected chi connectivity index (χ4v) is 0.842. The van der Waals surface area contributed by atoms with E-state index in [1.54, 1.807) is 24.5 Å². The predicted octanol–water partition coefficient (Wildman–Crippen LogP) is 1.26. The molecule has 0 unspecified atom stereocenters. The lowest BCUT2D eigenvalue weighted by Crippen LogP contribution is -1.89. The van der Waals surface area contributed by atoms with Gasteiger partial charge in [0.1, 0.15) is 5.82 Å². The minimum Gasteiger partial charge on any atom is -0.384 e. The van der Waals surface area contributed by atoms with E-state index < -0.39 is 0 Å². The molecule has 7 nitrogen and oxygen atoms in total. The number of anilines is 1. The number of aromatic nitrogens is 4. The van der Waals surface area contributed by atoms with Gasteiger partial charge in [0.15, 0.2) is 0 Å². The molecule has 0 spiro atoms. The van der Waals surface area contributed by atoms with E-state index in [4.69, 9.17) is 5.73 Å². The highest BCUT2D eigenvalue weighted by molar-refractivity contribution is 5.31. The van der Waals surface area contributed by atoms with Crippen LogP contribution in [0.2, 0.25) is 0 Å². The number of nitrogen functional groups attached to an aromatic ring is 1. The van der Waals surface area contributed by atoms with E-state index >= 15 is 0 Å². The van der Waals surface area contributed by atoms with Gasteiger partial charge in [-0.2, -0.15) is 4.98 Å². The molecule has 0 atom stereocenters. The van der Waals surface area contributed by atoms with Crippen molar-refractivity contribution in [2.45, 2.75) is 0 Å². The quantitative estimate of drug-likeness (QED) is 0.737. The number of nitrogens with zero attached hydrogens (tertiary/aromatic N) is 6. The molecule has 0 saturated heterocycles. The minimum absolute atomic E-state index is 0.183. The highest BCUT2D eigenvalue weighted by Gasteiger charge is 1.94. The van der Waals surface area contributed by atoms with Gasteiger partial charge < -0.3 is 5.73 Å². The number of azo groups is 1. The Morgan fingerprint density at radius 2 is 1.60 bits per heavy atom. The molecule has 0 amide bonds. The Hall–Kier alpha value is -2.44. The Bertz CT molecular complexity index is 467. The zero-order valence-corrected chi connectivity index (χ0v) is 7.65. The van der Waals surface area contributed by atoms with Crippen molar-refractivity contribution in [3.63, 3.8) is 0 Å². The van der Waals surface area contributed by atoms with E-state index in [9.17, 15) is 0 Å². The van der Waals surface area contributed by atoms with Crippen LogP contribution in [0.4, 0.5) is 17.7 Å². The maximum absolute atomic E-state index is 5.44. The average Bonchev–Trinajstić information content (AvgIpc) is 2.28. The Morgan fingerprint density at radius 1 is 0.933 bits per heavy atom. The van der Waals surface area contributed by atoms with Gasteiger partial charge in [-0.25, -0.2) is 15.0 Å². The van der Waals surface area contributed by atoms with Crippen LogP contribution in [0, 0.1) is 0 Å². The standard InChI is InChI=1S/C8H7N7/c9-6-2-5-12-8(13-6)15-14-7-10-3-1-4-11-7/h1-5H,(H2,9,12,13). The van der Waals surface area contributed by atoms with Crippen molar-refractivity contribution in [1.82, 2.24) is 19.9 Å². The van der Waals surface area contributed by atoms with Gasteiger partial charge in [0.2, 0.25) is 0 Å². The van der Waals surface area contributed by atoms with Crippen LogP contribution >= 0.6 is 0 Å². The lowest BCUT2D eigenvalue weighted by atomic mass is 10.6. The molecule has 15 heavy (non-hydrogen) atoms. The van der Waals surface area contributed by atoms with Crippen molar-refractivity contribution >= 4 is 17.7 Å². The van der Waals surface area contributed by atoms with E-state index in [1.165, 1.54) is 6.20 Å². The lowest BCUT2D eigenvalue weighted by molar-refractivity contribution is 1.02. The maximum Gasteiger partial charge on any atom is 0.270 e. The Morgan fingerprint density at radius 3 is 2.33 bits per heavy atom. The van der Waals surface area contributed by atoms with Crippen molar-refractivity contribution in [2.24, 2.45) is 10.2 Å². The second kappa shape index (κ2) is 4.18. The van der Waals surface area contributed by atoms with Crippen LogP contribution in [-0.4, -0.2) is 19.9 Å². The monoisotopic (exact) mass is 201 g/mol. The molecule has 0 fully saturated rings. The van der Waals surface area contributed by atoms with Crippen molar-refractivity contribution in [2.75, 3.05) is 5.73 Å². The van der Waals surface area contributed by atoms with Gasteiger partial charge in [-0.15, -0.1) is 10.2 Å². The van der Waals surface area contributed by atoms with Gasteiger partial charge in [-0.3, -0.25) is 0 Å². The number of hydrogen-bond donors (Lipinski definition) is 1. The van der Waals surface area contributed by atoms with Crippen LogP contribution in [0.1, 0.15) is 0 Å². The molecule has 2 aromatic rings. The van der Waals surface area contributed by atoms with Crippen molar-refractivity contribution in [3.05, 3.63) is 30.7 Å². The zero-order valence-electron chi connectivity index (χ0n) is 7.65. The summed E-state index contributed by atoms with van der Waals surface area (Å²) < 4.78 is 0. The Kier molecular flexibility index (Phi) is 2.54. The van der Waals surface area contributed by atoms with Gasteiger partial charge in [-0.1, -0.05) is 0 Å². The average molecular weight is 201 g/mol. The summed E-state index contributed by atoms with van der Waals surface area (Å²) in [6, 6.07) is 3.26. The predicted molar refractivity (Wildman–Crippen MR) is 52.7 cm³/mol. The fraction of sp³-hybridized carbons (Fsp3) is 0. The molecule has 2 N–H and O–H groups in total. The van der Waals surface area contributed by atoms with Crippen LogP contribution in [0.15, 0.2) is 41.0 Å². The van der Waals surface area contributed by atoms with Gasteiger partial charge in [0.25, 0.3) is 11.9 Å². The Balaban J connectivity index is 2.19. The minimum atomic E-state index is 0.183. The van der Waals surface area contributed by atoms with Crippen molar-refractivity contribution in [1.29, 1.82) is 0 Å². The third kappa shape index (κ3) is 2.50. The van der Waals surface area contributed by atoms with Gasteiger partial charge >= 0.3 is 0 Å². The van der Waals surface area contributed by atoms with E-state index in [-0.39, 0.29) is 11.9 Å². The van der Waals surface area contributed by atoms with Crippen molar-refractivity contribution < 1.29 is 0 Å². The van der Waals surface area contributed by atoms with Crippen LogP contribution in [0.3, 0.4) is 0 Å². The van der Waals surface area contributed by atoms with Crippen LogP contribution in [0.25, 0.3) is 0 Å². The summed E-state index contributed by atoms with van der Waals surface area (Å²) >= 11 is 0. The molecule has 0 bridgehead atoms. The molecule has 74 valence electrons. The number of hydrogen-bond acceptors (Lipinski definition) is 7. The number of rotatable bonds is 2. The van der Waals surface area contributed by atoms with Crippen LogP contribution in [0.5, 0.6) is 0 Å². The topological polar surface area (TPSA) is 102 Å². The second-order valence-corrected chi connectivity index (χ2v) is 2.53. The highest BCUT2D eigenvalue weighted by Crippen LogP contribution is 2.09. The molecule has 0 aromatic carbocycles. The van der Waals surface area contributed by atoms with Crippen molar-refractivity contribution in [3.8, 4) is 0 Å². The molecular weight excluding hydrogens is 194 g/mol. The molecule has 7 heteroatoms. The SMILES string of the molecule is Nc1ccnc(N=Nc2ncccn2)n1. The molecule has 2 rings (SSSR count).